The summed E-state index contributed by atoms with van der Waals surface area (Å²) < 4.78 is 11.0. The molecule has 3 N–H and O–H groups in total. The van der Waals surface area contributed by atoms with Crippen LogP contribution in [-0.4, -0.2) is 96.2 Å². The standard InChI is InChI=1S/C30H46N4O6/c1-4-5-13-32(14-7-6-12-31)26(35)19-34-18-22(21-8-9-24-25(17-21)40-20-39-24)27(28(36)37)23(34)10-15-33-16-11-30(2,3)29(33)38/h8-9,17,22-23,27H,4-7,10-16,18-20,31H2,1-3H3,(H,36,37). The Morgan fingerprint density at radius 1 is 1.15 bits per heavy atom. The Kier molecular flexibility index (Phi) is 9.94. The molecule has 3 unspecified atom stereocenters. The summed E-state index contributed by atoms with van der Waals surface area (Å²) in [6.07, 6.45) is 4.89. The molecule has 3 aliphatic rings. The Hall–Kier alpha value is -2.85. The number of carbonyl (C=O) groups excluding carboxylic acids is 2. The number of benzene rings is 1. The highest BCUT2D eigenvalue weighted by Crippen LogP contribution is 2.43. The highest BCUT2D eigenvalue weighted by molar-refractivity contribution is 5.84. The van der Waals surface area contributed by atoms with Crippen molar-refractivity contribution < 1.29 is 29.0 Å². The molecule has 0 bridgehead atoms. The lowest BCUT2D eigenvalue weighted by Gasteiger charge is -2.31. The first-order valence-corrected chi connectivity index (χ1v) is 14.8. The molecule has 222 valence electrons. The van der Waals surface area contributed by atoms with Crippen LogP contribution in [0.25, 0.3) is 0 Å². The number of ether oxygens (including phenoxy) is 2. The molecule has 2 saturated heterocycles. The zero-order valence-corrected chi connectivity index (χ0v) is 24.3. The highest BCUT2D eigenvalue weighted by Gasteiger charge is 2.48. The molecule has 3 heterocycles. The third-order valence-corrected chi connectivity index (χ3v) is 8.78. The first kappa shape index (κ1) is 30.1. The van der Waals surface area contributed by atoms with Crippen molar-refractivity contribution in [2.24, 2.45) is 17.1 Å². The highest BCUT2D eigenvalue weighted by atomic mass is 16.7. The van der Waals surface area contributed by atoms with Crippen LogP contribution in [0.5, 0.6) is 11.5 Å². The number of likely N-dealkylation sites (tertiary alicyclic amines) is 2. The molecule has 1 aromatic rings. The Labute approximate surface area is 237 Å². The molecule has 0 radical (unpaired) electrons. The topological polar surface area (TPSA) is 126 Å². The molecule has 10 heteroatoms. The van der Waals surface area contributed by atoms with Gasteiger partial charge in [-0.05, 0) is 56.3 Å². The minimum atomic E-state index is -0.888. The van der Waals surface area contributed by atoms with Gasteiger partial charge in [0.1, 0.15) is 0 Å². The average Bonchev–Trinajstić information content (AvgIpc) is 3.60. The number of aliphatic carboxylic acids is 1. The molecule has 3 aliphatic heterocycles. The van der Waals surface area contributed by atoms with Crippen LogP contribution in [0.4, 0.5) is 0 Å². The number of carboxylic acid groups (broad SMARTS) is 1. The zero-order valence-electron chi connectivity index (χ0n) is 24.3. The maximum Gasteiger partial charge on any atom is 0.308 e. The number of hydrogen-bond donors (Lipinski definition) is 2. The van der Waals surface area contributed by atoms with E-state index >= 15 is 0 Å². The van der Waals surface area contributed by atoms with E-state index < -0.39 is 17.3 Å². The second-order valence-corrected chi connectivity index (χ2v) is 12.0. The van der Waals surface area contributed by atoms with E-state index in [1.54, 1.807) is 0 Å². The molecule has 4 rings (SSSR count). The molecule has 40 heavy (non-hydrogen) atoms. The molecule has 3 atom stereocenters. The van der Waals surface area contributed by atoms with Crippen molar-refractivity contribution in [1.29, 1.82) is 0 Å². The van der Waals surface area contributed by atoms with Crippen molar-refractivity contribution in [2.75, 3.05) is 52.6 Å². The summed E-state index contributed by atoms with van der Waals surface area (Å²) in [5.41, 5.74) is 6.16. The van der Waals surface area contributed by atoms with Crippen LogP contribution in [0.2, 0.25) is 0 Å². The third-order valence-electron chi connectivity index (χ3n) is 8.78. The number of fused-ring (bicyclic) bond motifs is 1. The van der Waals surface area contributed by atoms with Crippen molar-refractivity contribution in [2.45, 2.75) is 71.3 Å². The summed E-state index contributed by atoms with van der Waals surface area (Å²) in [5.74, 6) is -0.541. The van der Waals surface area contributed by atoms with Gasteiger partial charge in [-0.2, -0.15) is 0 Å². The molecular formula is C30H46N4O6. The normalized spacial score (nSPS) is 23.6. The van der Waals surface area contributed by atoms with Crippen molar-refractivity contribution in [3.8, 4) is 11.5 Å². The van der Waals surface area contributed by atoms with Crippen LogP contribution < -0.4 is 15.2 Å². The number of nitrogens with zero attached hydrogens (tertiary/aromatic N) is 3. The first-order chi connectivity index (χ1) is 19.2. The van der Waals surface area contributed by atoms with Gasteiger partial charge in [-0.3, -0.25) is 19.3 Å². The lowest BCUT2D eigenvalue weighted by atomic mass is 9.84. The van der Waals surface area contributed by atoms with Crippen molar-refractivity contribution in [1.82, 2.24) is 14.7 Å². The maximum atomic E-state index is 13.6. The van der Waals surface area contributed by atoms with Gasteiger partial charge in [0.15, 0.2) is 11.5 Å². The van der Waals surface area contributed by atoms with E-state index in [0.717, 1.165) is 37.7 Å². The second-order valence-electron chi connectivity index (χ2n) is 12.0. The van der Waals surface area contributed by atoms with Gasteiger partial charge in [-0.1, -0.05) is 33.3 Å². The van der Waals surface area contributed by atoms with E-state index in [2.05, 4.69) is 6.92 Å². The van der Waals surface area contributed by atoms with E-state index in [-0.39, 0.29) is 37.1 Å². The Morgan fingerprint density at radius 2 is 1.90 bits per heavy atom. The predicted octanol–water partition coefficient (Wildman–Crippen LogP) is 2.90. The first-order valence-electron chi connectivity index (χ1n) is 14.8. The molecule has 10 nitrogen and oxygen atoms in total. The Balaban J connectivity index is 1.57. The number of nitrogens with two attached hydrogens (primary N) is 1. The van der Waals surface area contributed by atoms with Crippen LogP contribution in [-0.2, 0) is 14.4 Å². The van der Waals surface area contributed by atoms with E-state index in [4.69, 9.17) is 15.2 Å². The molecule has 0 aliphatic carbocycles. The van der Waals surface area contributed by atoms with Gasteiger partial charge < -0.3 is 30.1 Å². The van der Waals surface area contributed by atoms with Crippen molar-refractivity contribution >= 4 is 17.8 Å². The number of carbonyl (C=O) groups is 3. The average molecular weight is 559 g/mol. The van der Waals surface area contributed by atoms with Gasteiger partial charge in [-0.25, -0.2) is 0 Å². The quantitative estimate of drug-likeness (QED) is 0.334. The summed E-state index contributed by atoms with van der Waals surface area (Å²) in [7, 11) is 0. The summed E-state index contributed by atoms with van der Waals surface area (Å²) >= 11 is 0. The van der Waals surface area contributed by atoms with Crippen LogP contribution in [0.3, 0.4) is 0 Å². The van der Waals surface area contributed by atoms with Crippen molar-refractivity contribution in [3.05, 3.63) is 23.8 Å². The number of amides is 2. The van der Waals surface area contributed by atoms with Gasteiger partial charge >= 0.3 is 5.97 Å². The van der Waals surface area contributed by atoms with E-state index in [1.165, 1.54) is 0 Å². The minimum absolute atomic E-state index is 0.0179. The molecular weight excluding hydrogens is 512 g/mol. The fourth-order valence-corrected chi connectivity index (χ4v) is 6.32. The van der Waals surface area contributed by atoms with Gasteiger partial charge in [0.05, 0.1) is 12.5 Å². The van der Waals surface area contributed by atoms with Crippen LogP contribution in [0.1, 0.15) is 70.8 Å². The van der Waals surface area contributed by atoms with Gasteiger partial charge in [0.25, 0.3) is 0 Å². The fraction of sp³-hybridized carbons (Fsp3) is 0.700. The zero-order chi connectivity index (χ0) is 28.9. The van der Waals surface area contributed by atoms with Gasteiger partial charge in [0.2, 0.25) is 18.6 Å². The third kappa shape index (κ3) is 6.71. The van der Waals surface area contributed by atoms with Gasteiger partial charge in [-0.15, -0.1) is 0 Å². The Morgan fingerprint density at radius 3 is 2.58 bits per heavy atom. The summed E-state index contributed by atoms with van der Waals surface area (Å²) in [4.78, 5) is 45.1. The second kappa shape index (κ2) is 13.2. The summed E-state index contributed by atoms with van der Waals surface area (Å²) in [5, 5.41) is 10.5. The summed E-state index contributed by atoms with van der Waals surface area (Å²) in [6, 6.07) is 5.22. The molecule has 0 spiro atoms. The smallest absolute Gasteiger partial charge is 0.308 e. The van der Waals surface area contributed by atoms with Crippen LogP contribution in [0.15, 0.2) is 18.2 Å². The number of hydrogen-bond acceptors (Lipinski definition) is 7. The van der Waals surface area contributed by atoms with Crippen molar-refractivity contribution in [3.63, 3.8) is 0 Å². The monoisotopic (exact) mass is 558 g/mol. The fourth-order valence-electron chi connectivity index (χ4n) is 6.32. The summed E-state index contributed by atoms with van der Waals surface area (Å²) in [6.45, 7) is 9.84. The number of carboxylic acids is 1. The predicted molar refractivity (Wildman–Crippen MR) is 151 cm³/mol. The van der Waals surface area contributed by atoms with E-state index in [9.17, 15) is 19.5 Å². The molecule has 1 aromatic carbocycles. The molecule has 0 saturated carbocycles. The molecule has 2 amide bonds. The largest absolute Gasteiger partial charge is 0.481 e. The minimum Gasteiger partial charge on any atom is -0.481 e. The lowest BCUT2D eigenvalue weighted by Crippen LogP contribution is -2.46. The molecule has 0 aromatic heterocycles. The number of unbranched alkanes of at least 4 members (excludes halogenated alkanes) is 2. The van der Waals surface area contributed by atoms with Crippen LogP contribution >= 0.6 is 0 Å². The van der Waals surface area contributed by atoms with E-state index in [1.807, 2.05) is 46.7 Å². The molecule has 2 fully saturated rings. The number of rotatable bonds is 14. The lowest BCUT2D eigenvalue weighted by molar-refractivity contribution is -0.144. The Bertz CT molecular complexity index is 1060. The van der Waals surface area contributed by atoms with Gasteiger partial charge in [0, 0.05) is 50.1 Å². The SMILES string of the molecule is CCCCN(CCCCN)C(=O)CN1CC(c2ccc3c(c2)OCO3)C(C(=O)O)C1CCN1CCC(C)(C)C1=O. The van der Waals surface area contributed by atoms with Crippen LogP contribution in [0, 0.1) is 11.3 Å². The van der Waals surface area contributed by atoms with E-state index in [0.29, 0.717) is 57.2 Å². The maximum absolute atomic E-state index is 13.6.